The van der Waals surface area contributed by atoms with Crippen molar-refractivity contribution < 1.29 is 27.1 Å². The zero-order valence-corrected chi connectivity index (χ0v) is 26.3. The molecule has 1 saturated carbocycles. The van der Waals surface area contributed by atoms with Crippen LogP contribution in [0.4, 0.5) is 10.1 Å². The number of sulfonamides is 1. The first-order valence-electron chi connectivity index (χ1n) is 16.2. The van der Waals surface area contributed by atoms with Crippen molar-refractivity contribution >= 4 is 32.7 Å². The summed E-state index contributed by atoms with van der Waals surface area (Å²) < 4.78 is 54.6. The van der Waals surface area contributed by atoms with Crippen LogP contribution < -0.4 is 9.62 Å². The van der Waals surface area contributed by atoms with Gasteiger partial charge in [-0.2, -0.15) is 5.10 Å². The van der Waals surface area contributed by atoms with Gasteiger partial charge in [0.1, 0.15) is 16.8 Å². The second-order valence-corrected chi connectivity index (χ2v) is 14.7. The van der Waals surface area contributed by atoms with Crippen molar-refractivity contribution in [3.8, 4) is 5.69 Å². The molecule has 0 bridgehead atoms. The number of halogens is 1. The summed E-state index contributed by atoms with van der Waals surface area (Å²) in [5.74, 6) is -0.262. The van der Waals surface area contributed by atoms with E-state index in [4.69, 9.17) is 19.6 Å². The second kappa shape index (κ2) is 12.9. The molecule has 45 heavy (non-hydrogen) atoms. The van der Waals surface area contributed by atoms with Crippen molar-refractivity contribution in [3.05, 3.63) is 47.5 Å². The molecule has 3 aliphatic heterocycles. The number of piperidine rings is 1. The number of ether oxygens (including phenoxy) is 2. The minimum Gasteiger partial charge on any atom is -0.380 e. The molecule has 3 aromatic rings. The topological polar surface area (TPSA) is 119 Å². The summed E-state index contributed by atoms with van der Waals surface area (Å²) in [4.78, 5) is 23.1. The number of pyridine rings is 1. The lowest BCUT2D eigenvalue weighted by Gasteiger charge is -2.36. The Balaban J connectivity index is 1.23. The molecule has 4 aliphatic rings. The van der Waals surface area contributed by atoms with Crippen LogP contribution in [0.25, 0.3) is 16.7 Å². The third-order valence-corrected chi connectivity index (χ3v) is 11.6. The summed E-state index contributed by atoms with van der Waals surface area (Å²) in [6.45, 7) is 6.70. The molecule has 1 unspecified atom stereocenters. The summed E-state index contributed by atoms with van der Waals surface area (Å²) in [5.41, 5.74) is 2.90. The van der Waals surface area contributed by atoms with E-state index in [0.29, 0.717) is 30.3 Å². The highest BCUT2D eigenvalue weighted by Crippen LogP contribution is 2.43. The fourth-order valence-corrected chi connectivity index (χ4v) is 8.10. The zero-order chi connectivity index (χ0) is 31.0. The molecular formula is C32H41FN6O5S. The van der Waals surface area contributed by atoms with Gasteiger partial charge in [-0.25, -0.2) is 27.2 Å². The van der Waals surface area contributed by atoms with Crippen molar-refractivity contribution in [1.29, 1.82) is 0 Å². The van der Waals surface area contributed by atoms with Crippen LogP contribution in [0.2, 0.25) is 0 Å². The number of morpholine rings is 1. The van der Waals surface area contributed by atoms with Crippen LogP contribution in [0, 0.1) is 11.7 Å². The largest absolute Gasteiger partial charge is 0.380 e. The van der Waals surface area contributed by atoms with E-state index < -0.39 is 21.2 Å². The molecule has 2 aromatic heterocycles. The van der Waals surface area contributed by atoms with Crippen LogP contribution in [0.1, 0.15) is 67.0 Å². The summed E-state index contributed by atoms with van der Waals surface area (Å²) in [7, 11) is -3.95. The molecule has 242 valence electrons. The van der Waals surface area contributed by atoms with Gasteiger partial charge in [0.15, 0.2) is 5.65 Å². The number of nitrogens with zero attached hydrogens (tertiary/aromatic N) is 5. The molecule has 3 saturated heterocycles. The van der Waals surface area contributed by atoms with Crippen molar-refractivity contribution in [1.82, 2.24) is 24.4 Å². The van der Waals surface area contributed by atoms with E-state index in [0.717, 1.165) is 101 Å². The quantitative estimate of drug-likeness (QED) is 0.374. The fraction of sp³-hybridized carbons (Fsp3) is 0.594. The maximum Gasteiger partial charge on any atom is 0.283 e. The lowest BCUT2D eigenvalue weighted by molar-refractivity contribution is 0.0349. The molecule has 0 radical (unpaired) electrons. The minimum absolute atomic E-state index is 0.0119. The first kappa shape index (κ1) is 30.5. The monoisotopic (exact) mass is 640 g/mol. The second-order valence-electron chi connectivity index (χ2n) is 12.8. The van der Waals surface area contributed by atoms with Crippen LogP contribution in [0.15, 0.2) is 30.3 Å². The Kier molecular flexibility index (Phi) is 8.77. The molecule has 13 heteroatoms. The molecule has 1 amide bonds. The Hall–Kier alpha value is -3.13. The third kappa shape index (κ3) is 6.45. The number of amides is 1. The van der Waals surface area contributed by atoms with E-state index >= 15 is 0 Å². The molecule has 11 nitrogen and oxygen atoms in total. The number of carbonyl (C=O) groups excluding carboxylic acids is 1. The summed E-state index contributed by atoms with van der Waals surface area (Å²) in [6.07, 6.45) is 6.68. The number of fused-ring (bicyclic) bond motifs is 1. The Morgan fingerprint density at radius 2 is 1.73 bits per heavy atom. The van der Waals surface area contributed by atoms with Gasteiger partial charge in [-0.15, -0.1) is 0 Å². The van der Waals surface area contributed by atoms with E-state index in [1.165, 1.54) is 12.1 Å². The number of hydrogen-bond donors (Lipinski definition) is 1. The number of hydrogen-bond acceptors (Lipinski definition) is 9. The Labute approximate surface area is 263 Å². The van der Waals surface area contributed by atoms with Crippen LogP contribution in [-0.4, -0.2) is 98.4 Å². The number of anilines is 1. The number of benzene rings is 1. The molecule has 1 aromatic carbocycles. The maximum atomic E-state index is 13.9. The molecule has 1 N–H and O–H groups in total. The Morgan fingerprint density at radius 3 is 2.40 bits per heavy atom. The van der Waals surface area contributed by atoms with Gasteiger partial charge in [-0.3, -0.25) is 9.69 Å². The molecule has 0 spiro atoms. The highest BCUT2D eigenvalue weighted by atomic mass is 32.2. The van der Waals surface area contributed by atoms with Gasteiger partial charge in [0.2, 0.25) is 10.0 Å². The van der Waals surface area contributed by atoms with Crippen LogP contribution in [-0.2, 0) is 19.5 Å². The van der Waals surface area contributed by atoms with Gasteiger partial charge in [0.05, 0.1) is 42.3 Å². The average molecular weight is 641 g/mol. The predicted molar refractivity (Wildman–Crippen MR) is 168 cm³/mol. The summed E-state index contributed by atoms with van der Waals surface area (Å²) in [6, 6.07) is 7.78. The summed E-state index contributed by atoms with van der Waals surface area (Å²) in [5, 5.41) is 5.13. The summed E-state index contributed by atoms with van der Waals surface area (Å²) >= 11 is 0. The number of carbonyl (C=O) groups is 1. The molecule has 1 aliphatic carbocycles. The predicted octanol–water partition coefficient (Wildman–Crippen LogP) is 3.61. The highest BCUT2D eigenvalue weighted by Gasteiger charge is 2.34. The van der Waals surface area contributed by atoms with E-state index in [9.17, 15) is 17.6 Å². The molecule has 4 fully saturated rings. The lowest BCUT2D eigenvalue weighted by atomic mass is 9.81. The van der Waals surface area contributed by atoms with Crippen LogP contribution in [0.3, 0.4) is 0 Å². The van der Waals surface area contributed by atoms with Crippen molar-refractivity contribution in [3.63, 3.8) is 0 Å². The normalized spacial score (nSPS) is 22.2. The Morgan fingerprint density at radius 1 is 0.978 bits per heavy atom. The van der Waals surface area contributed by atoms with Crippen molar-refractivity contribution in [2.45, 2.75) is 56.1 Å². The highest BCUT2D eigenvalue weighted by molar-refractivity contribution is 7.90. The van der Waals surface area contributed by atoms with Crippen molar-refractivity contribution in [2.75, 3.05) is 64.1 Å². The maximum absolute atomic E-state index is 13.9. The van der Waals surface area contributed by atoms with E-state index in [1.807, 2.05) is 0 Å². The van der Waals surface area contributed by atoms with Crippen LogP contribution >= 0.6 is 0 Å². The smallest absolute Gasteiger partial charge is 0.283 e. The lowest BCUT2D eigenvalue weighted by Crippen LogP contribution is -2.40. The number of rotatable bonds is 9. The average Bonchev–Trinajstić information content (AvgIpc) is 3.70. The number of aromatic nitrogens is 3. The molecule has 1 atom stereocenters. The molecule has 7 rings (SSSR count). The van der Waals surface area contributed by atoms with E-state index in [-0.39, 0.29) is 24.0 Å². The van der Waals surface area contributed by atoms with Gasteiger partial charge >= 0.3 is 0 Å². The zero-order valence-electron chi connectivity index (χ0n) is 25.5. The van der Waals surface area contributed by atoms with Crippen molar-refractivity contribution in [2.24, 2.45) is 5.92 Å². The molecular weight excluding hydrogens is 599 g/mol. The first-order chi connectivity index (χ1) is 21.9. The van der Waals surface area contributed by atoms with E-state index in [2.05, 4.69) is 14.5 Å². The molecule has 5 heterocycles. The SMILES string of the molecule is O=C(NS(=O)(=O)C1CCOC1)c1cc(N2CCC(CCN3CCOCC3)CC2)c2c(C3CCC3)nn(-c3ccc(F)cc3)c2n1. The van der Waals surface area contributed by atoms with Crippen LogP contribution in [0.5, 0.6) is 0 Å². The van der Waals surface area contributed by atoms with Gasteiger partial charge in [0, 0.05) is 38.7 Å². The first-order valence-corrected chi connectivity index (χ1v) is 17.8. The number of nitrogens with one attached hydrogen (secondary N) is 1. The minimum atomic E-state index is -3.95. The van der Waals surface area contributed by atoms with Gasteiger partial charge < -0.3 is 14.4 Å². The fourth-order valence-electron chi connectivity index (χ4n) is 6.89. The Bertz CT molecular complexity index is 1620. The van der Waals surface area contributed by atoms with Gasteiger partial charge in [0.25, 0.3) is 5.91 Å². The van der Waals surface area contributed by atoms with Gasteiger partial charge in [-0.05, 0) is 81.3 Å². The van der Waals surface area contributed by atoms with E-state index in [1.54, 1.807) is 22.9 Å². The third-order valence-electron chi connectivity index (χ3n) is 9.91. The standard InChI is InChI=1S/C32H41FN6O5S/c33-24-4-6-25(7-5-24)39-31-29(30(35-39)23-2-1-3-23)28(20-27(34-31)32(40)36-45(41,42)26-11-17-44-21-26)38-13-9-22(10-14-38)8-12-37-15-18-43-19-16-37/h4-7,20,22-23,26H,1-3,8-19,21H2,(H,36,40). The van der Waals surface area contributed by atoms with Gasteiger partial charge in [-0.1, -0.05) is 6.42 Å².